The Balaban J connectivity index is 1.71. The van der Waals surface area contributed by atoms with Crippen LogP contribution in [0.25, 0.3) is 0 Å². The van der Waals surface area contributed by atoms with Crippen LogP contribution in [0.5, 0.6) is 0 Å². The van der Waals surface area contributed by atoms with Gasteiger partial charge in [-0.1, -0.05) is 0 Å². The van der Waals surface area contributed by atoms with Crippen molar-refractivity contribution in [1.82, 2.24) is 20.3 Å². The molecule has 78 valence electrons. The summed E-state index contributed by atoms with van der Waals surface area (Å²) in [5.74, 6) is 0. The van der Waals surface area contributed by atoms with Crippen molar-refractivity contribution in [3.8, 4) is 0 Å². The normalized spacial score (nSPS) is 20.1. The number of thiazole rings is 1. The monoisotopic (exact) mass is 212 g/mol. The molecule has 1 fully saturated rings. The number of nitrogens with zero attached hydrogens (tertiary/aromatic N) is 3. The number of rotatable bonds is 3. The second-order valence-corrected chi connectivity index (χ2v) is 4.56. The summed E-state index contributed by atoms with van der Waals surface area (Å²) in [6, 6.07) is 0. The van der Waals surface area contributed by atoms with E-state index in [1.54, 1.807) is 11.3 Å². The maximum absolute atomic E-state index is 4.05. The van der Waals surface area contributed by atoms with Gasteiger partial charge in [-0.3, -0.25) is 4.98 Å². The number of likely N-dealkylation sites (N-methyl/N-ethyl adjacent to an activating group) is 1. The van der Waals surface area contributed by atoms with Crippen molar-refractivity contribution < 1.29 is 0 Å². The van der Waals surface area contributed by atoms with Crippen molar-refractivity contribution in [1.29, 1.82) is 0 Å². The van der Waals surface area contributed by atoms with E-state index in [0.29, 0.717) is 0 Å². The summed E-state index contributed by atoms with van der Waals surface area (Å²) in [4.78, 5) is 7.70. The van der Waals surface area contributed by atoms with Gasteiger partial charge in [-0.2, -0.15) is 0 Å². The molecule has 0 saturated carbocycles. The Morgan fingerprint density at radius 2 is 2.21 bits per heavy atom. The van der Waals surface area contributed by atoms with E-state index in [-0.39, 0.29) is 0 Å². The van der Waals surface area contributed by atoms with Crippen LogP contribution in [0.2, 0.25) is 0 Å². The SMILES string of the molecule is CN1CCN(NCc2cncs2)CC1. The first-order valence-corrected chi connectivity index (χ1v) is 5.77. The highest BCUT2D eigenvalue weighted by atomic mass is 32.1. The minimum Gasteiger partial charge on any atom is -0.304 e. The van der Waals surface area contributed by atoms with Crippen molar-refractivity contribution >= 4 is 11.3 Å². The molecule has 1 saturated heterocycles. The number of hydrazine groups is 1. The van der Waals surface area contributed by atoms with Gasteiger partial charge in [0.2, 0.25) is 0 Å². The third-order valence-corrected chi connectivity index (χ3v) is 3.24. The van der Waals surface area contributed by atoms with Gasteiger partial charge in [-0.05, 0) is 7.05 Å². The van der Waals surface area contributed by atoms with Crippen molar-refractivity contribution in [2.75, 3.05) is 33.2 Å². The second-order valence-electron chi connectivity index (χ2n) is 3.59. The van der Waals surface area contributed by atoms with Crippen LogP contribution in [0.4, 0.5) is 0 Å². The largest absolute Gasteiger partial charge is 0.304 e. The van der Waals surface area contributed by atoms with Crippen molar-refractivity contribution in [2.24, 2.45) is 0 Å². The molecule has 1 aliphatic heterocycles. The third kappa shape index (κ3) is 2.75. The van der Waals surface area contributed by atoms with E-state index in [1.807, 2.05) is 11.7 Å². The molecule has 1 aliphatic rings. The highest BCUT2D eigenvalue weighted by Gasteiger charge is 2.12. The van der Waals surface area contributed by atoms with Crippen LogP contribution in [0, 0.1) is 0 Å². The Bertz CT molecular complexity index is 254. The lowest BCUT2D eigenvalue weighted by Crippen LogP contribution is -2.50. The predicted molar refractivity (Wildman–Crippen MR) is 58.0 cm³/mol. The van der Waals surface area contributed by atoms with Crippen LogP contribution in [0.15, 0.2) is 11.7 Å². The Morgan fingerprint density at radius 3 is 2.86 bits per heavy atom. The van der Waals surface area contributed by atoms with E-state index in [2.05, 4.69) is 27.4 Å². The average molecular weight is 212 g/mol. The quantitative estimate of drug-likeness (QED) is 0.785. The molecule has 2 heterocycles. The number of nitrogens with one attached hydrogen (secondary N) is 1. The van der Waals surface area contributed by atoms with E-state index in [1.165, 1.54) is 4.88 Å². The fourth-order valence-corrected chi connectivity index (χ4v) is 2.01. The van der Waals surface area contributed by atoms with Crippen LogP contribution >= 0.6 is 11.3 Å². The molecule has 1 aromatic heterocycles. The lowest BCUT2D eigenvalue weighted by molar-refractivity contribution is 0.102. The highest BCUT2D eigenvalue weighted by molar-refractivity contribution is 7.09. The Labute approximate surface area is 88.5 Å². The maximum Gasteiger partial charge on any atom is 0.0794 e. The predicted octanol–water partition coefficient (Wildman–Crippen LogP) is 0.395. The molecule has 0 aliphatic carbocycles. The van der Waals surface area contributed by atoms with Gasteiger partial charge in [-0.15, -0.1) is 11.3 Å². The Morgan fingerprint density at radius 1 is 1.43 bits per heavy atom. The van der Waals surface area contributed by atoms with Gasteiger partial charge >= 0.3 is 0 Å². The first-order valence-electron chi connectivity index (χ1n) is 4.89. The number of hydrogen-bond donors (Lipinski definition) is 1. The first kappa shape index (κ1) is 10.0. The molecular weight excluding hydrogens is 196 g/mol. The molecule has 5 heteroatoms. The summed E-state index contributed by atoms with van der Waals surface area (Å²) < 4.78 is 0. The summed E-state index contributed by atoms with van der Waals surface area (Å²) in [6.45, 7) is 5.42. The number of hydrogen-bond acceptors (Lipinski definition) is 5. The zero-order valence-corrected chi connectivity index (χ0v) is 9.26. The number of aromatic nitrogens is 1. The molecule has 0 unspecified atom stereocenters. The fourth-order valence-electron chi connectivity index (χ4n) is 1.48. The lowest BCUT2D eigenvalue weighted by atomic mass is 10.4. The topological polar surface area (TPSA) is 31.4 Å². The first-order chi connectivity index (χ1) is 6.84. The zero-order valence-electron chi connectivity index (χ0n) is 8.44. The zero-order chi connectivity index (χ0) is 9.80. The van der Waals surface area contributed by atoms with Gasteiger partial charge in [0.05, 0.1) is 5.51 Å². The molecule has 4 nitrogen and oxygen atoms in total. The smallest absolute Gasteiger partial charge is 0.0794 e. The van der Waals surface area contributed by atoms with E-state index in [4.69, 9.17) is 0 Å². The van der Waals surface area contributed by atoms with Crippen LogP contribution in [0.1, 0.15) is 4.88 Å². The standard InChI is InChI=1S/C9H16N4S/c1-12-2-4-13(5-3-12)11-7-9-6-10-8-14-9/h6,8,11H,2-5,7H2,1H3. The van der Waals surface area contributed by atoms with Crippen molar-refractivity contribution in [2.45, 2.75) is 6.54 Å². The molecule has 0 spiro atoms. The average Bonchev–Trinajstić information content (AvgIpc) is 2.70. The van der Waals surface area contributed by atoms with Crippen LogP contribution in [-0.4, -0.2) is 48.1 Å². The molecule has 1 N–H and O–H groups in total. The fraction of sp³-hybridized carbons (Fsp3) is 0.667. The second kappa shape index (κ2) is 4.84. The molecule has 2 rings (SSSR count). The molecule has 0 amide bonds. The van der Waals surface area contributed by atoms with Gasteiger partial charge in [-0.25, -0.2) is 10.4 Å². The summed E-state index contributed by atoms with van der Waals surface area (Å²) in [7, 11) is 2.17. The Kier molecular flexibility index (Phi) is 3.47. The molecular formula is C9H16N4S. The molecule has 0 bridgehead atoms. The summed E-state index contributed by atoms with van der Waals surface area (Å²) in [6.07, 6.45) is 1.92. The summed E-state index contributed by atoms with van der Waals surface area (Å²) in [5, 5.41) is 2.29. The van der Waals surface area contributed by atoms with Crippen LogP contribution in [0.3, 0.4) is 0 Å². The van der Waals surface area contributed by atoms with E-state index in [9.17, 15) is 0 Å². The molecule has 1 aromatic rings. The minimum absolute atomic E-state index is 0.911. The van der Waals surface area contributed by atoms with E-state index >= 15 is 0 Å². The van der Waals surface area contributed by atoms with Gasteiger partial charge in [0.15, 0.2) is 0 Å². The van der Waals surface area contributed by atoms with E-state index < -0.39 is 0 Å². The van der Waals surface area contributed by atoms with E-state index in [0.717, 1.165) is 32.7 Å². The highest BCUT2D eigenvalue weighted by Crippen LogP contribution is 2.05. The molecule has 14 heavy (non-hydrogen) atoms. The molecule has 0 atom stereocenters. The maximum atomic E-state index is 4.05. The third-order valence-electron chi connectivity index (χ3n) is 2.46. The van der Waals surface area contributed by atoms with Gasteiger partial charge in [0.25, 0.3) is 0 Å². The van der Waals surface area contributed by atoms with Crippen LogP contribution in [-0.2, 0) is 6.54 Å². The molecule has 0 radical (unpaired) electrons. The minimum atomic E-state index is 0.911. The van der Waals surface area contributed by atoms with Crippen molar-refractivity contribution in [3.63, 3.8) is 0 Å². The van der Waals surface area contributed by atoms with Gasteiger partial charge in [0, 0.05) is 43.8 Å². The summed E-state index contributed by atoms with van der Waals surface area (Å²) >= 11 is 1.70. The molecule has 0 aromatic carbocycles. The van der Waals surface area contributed by atoms with Gasteiger partial charge < -0.3 is 4.90 Å². The Hall–Kier alpha value is -0.490. The van der Waals surface area contributed by atoms with Crippen molar-refractivity contribution in [3.05, 3.63) is 16.6 Å². The lowest BCUT2D eigenvalue weighted by Gasteiger charge is -2.32. The summed E-state index contributed by atoms with van der Waals surface area (Å²) in [5.41, 5.74) is 5.30. The van der Waals surface area contributed by atoms with Crippen LogP contribution < -0.4 is 5.43 Å². The number of piperazine rings is 1. The van der Waals surface area contributed by atoms with Gasteiger partial charge in [0.1, 0.15) is 0 Å².